The highest BCUT2D eigenvalue weighted by molar-refractivity contribution is 7.90. The van der Waals surface area contributed by atoms with Gasteiger partial charge >= 0.3 is 0 Å². The van der Waals surface area contributed by atoms with Gasteiger partial charge in [-0.2, -0.15) is 0 Å². The molecule has 0 aliphatic rings. The summed E-state index contributed by atoms with van der Waals surface area (Å²) < 4.78 is 22.7. The summed E-state index contributed by atoms with van der Waals surface area (Å²) >= 11 is 0. The van der Waals surface area contributed by atoms with Gasteiger partial charge in [-0.25, -0.2) is 8.42 Å². The summed E-state index contributed by atoms with van der Waals surface area (Å²) in [5.41, 5.74) is 9.70. The Kier molecular flexibility index (Phi) is 3.99. The van der Waals surface area contributed by atoms with Gasteiger partial charge in [0.1, 0.15) is 0 Å². The summed E-state index contributed by atoms with van der Waals surface area (Å²) in [7, 11) is -3.14. The van der Waals surface area contributed by atoms with E-state index in [-0.39, 0.29) is 0 Å². The fraction of sp³-hybridized carbons (Fsp3) is 0.200. The molecule has 2 rings (SSSR count). The standard InChI is InChI=1S/C15H18N2O2S/c1-11-12(4-3-5-15(11)16)10-17-13-6-8-14(9-7-13)20(2,18)19/h3-9,17H,10,16H2,1-2H3. The predicted molar refractivity (Wildman–Crippen MR) is 82.5 cm³/mol. The first-order valence-corrected chi connectivity index (χ1v) is 8.15. The van der Waals surface area contributed by atoms with Crippen LogP contribution in [0.25, 0.3) is 0 Å². The van der Waals surface area contributed by atoms with Gasteiger partial charge in [0.25, 0.3) is 0 Å². The van der Waals surface area contributed by atoms with E-state index in [1.54, 1.807) is 24.3 Å². The molecular formula is C15H18N2O2S. The average Bonchev–Trinajstić information content (AvgIpc) is 2.40. The van der Waals surface area contributed by atoms with E-state index in [9.17, 15) is 8.42 Å². The van der Waals surface area contributed by atoms with Crippen LogP contribution in [-0.4, -0.2) is 14.7 Å². The van der Waals surface area contributed by atoms with E-state index < -0.39 is 9.84 Å². The summed E-state index contributed by atoms with van der Waals surface area (Å²) in [5, 5.41) is 3.26. The van der Waals surface area contributed by atoms with Crippen molar-refractivity contribution >= 4 is 21.2 Å². The van der Waals surface area contributed by atoms with Gasteiger partial charge in [-0.15, -0.1) is 0 Å². The molecule has 3 N–H and O–H groups in total. The molecule has 0 amide bonds. The number of hydrogen-bond acceptors (Lipinski definition) is 4. The molecule has 0 saturated heterocycles. The van der Waals surface area contributed by atoms with Crippen molar-refractivity contribution in [2.45, 2.75) is 18.4 Å². The monoisotopic (exact) mass is 290 g/mol. The van der Waals surface area contributed by atoms with E-state index in [1.807, 2.05) is 25.1 Å². The first-order chi connectivity index (χ1) is 9.38. The molecule has 0 radical (unpaired) electrons. The van der Waals surface area contributed by atoms with Gasteiger partial charge in [-0.1, -0.05) is 12.1 Å². The Morgan fingerprint density at radius 2 is 1.75 bits per heavy atom. The van der Waals surface area contributed by atoms with Gasteiger partial charge in [0.2, 0.25) is 0 Å². The molecular weight excluding hydrogens is 272 g/mol. The van der Waals surface area contributed by atoms with Crippen LogP contribution in [0, 0.1) is 6.92 Å². The summed E-state index contributed by atoms with van der Waals surface area (Å²) in [6.45, 7) is 2.63. The molecule has 0 aliphatic carbocycles. The SMILES string of the molecule is Cc1c(N)cccc1CNc1ccc(S(C)(=O)=O)cc1. The Balaban J connectivity index is 2.10. The quantitative estimate of drug-likeness (QED) is 0.849. The summed E-state index contributed by atoms with van der Waals surface area (Å²) in [6, 6.07) is 12.5. The van der Waals surface area contributed by atoms with Crippen LogP contribution < -0.4 is 11.1 Å². The van der Waals surface area contributed by atoms with Crippen LogP contribution >= 0.6 is 0 Å². The molecule has 4 nitrogen and oxygen atoms in total. The molecule has 2 aromatic rings. The highest BCUT2D eigenvalue weighted by Gasteiger charge is 2.06. The van der Waals surface area contributed by atoms with E-state index in [0.717, 1.165) is 22.5 Å². The fourth-order valence-electron chi connectivity index (χ4n) is 1.91. The van der Waals surface area contributed by atoms with E-state index in [4.69, 9.17) is 5.73 Å². The molecule has 106 valence electrons. The molecule has 0 fully saturated rings. The molecule has 20 heavy (non-hydrogen) atoms. The number of nitrogen functional groups attached to an aromatic ring is 1. The first-order valence-electron chi connectivity index (χ1n) is 6.26. The minimum atomic E-state index is -3.14. The predicted octanol–water partition coefficient (Wildman–Crippen LogP) is 2.59. The third kappa shape index (κ3) is 3.30. The number of sulfone groups is 1. The van der Waals surface area contributed by atoms with Crippen LogP contribution in [-0.2, 0) is 16.4 Å². The Morgan fingerprint density at radius 1 is 1.10 bits per heavy atom. The number of anilines is 2. The normalized spacial score (nSPS) is 11.3. The van der Waals surface area contributed by atoms with Crippen molar-refractivity contribution in [3.63, 3.8) is 0 Å². The van der Waals surface area contributed by atoms with Gasteiger partial charge in [-0.05, 0) is 48.4 Å². The minimum absolute atomic E-state index is 0.322. The van der Waals surface area contributed by atoms with Crippen molar-refractivity contribution in [1.82, 2.24) is 0 Å². The third-order valence-corrected chi connectivity index (χ3v) is 4.38. The number of benzene rings is 2. The molecule has 0 spiro atoms. The van der Waals surface area contributed by atoms with Crippen molar-refractivity contribution in [3.8, 4) is 0 Å². The molecule has 0 atom stereocenters. The van der Waals surface area contributed by atoms with Crippen molar-refractivity contribution in [3.05, 3.63) is 53.6 Å². The lowest BCUT2D eigenvalue weighted by Gasteiger charge is -2.11. The van der Waals surface area contributed by atoms with Crippen LogP contribution in [0.2, 0.25) is 0 Å². The molecule has 0 unspecified atom stereocenters. The number of nitrogens with one attached hydrogen (secondary N) is 1. The molecule has 0 bridgehead atoms. The Morgan fingerprint density at radius 3 is 2.35 bits per heavy atom. The van der Waals surface area contributed by atoms with Gasteiger partial charge in [0, 0.05) is 24.2 Å². The Bertz CT molecular complexity index is 707. The van der Waals surface area contributed by atoms with Gasteiger partial charge in [0.15, 0.2) is 9.84 Å². The smallest absolute Gasteiger partial charge is 0.175 e. The highest BCUT2D eigenvalue weighted by atomic mass is 32.2. The molecule has 0 aliphatic heterocycles. The molecule has 0 aromatic heterocycles. The largest absolute Gasteiger partial charge is 0.399 e. The maximum atomic E-state index is 11.4. The second kappa shape index (κ2) is 5.54. The Labute approximate surface area is 119 Å². The summed E-state index contributed by atoms with van der Waals surface area (Å²) in [5.74, 6) is 0. The van der Waals surface area contributed by atoms with E-state index in [0.29, 0.717) is 11.4 Å². The van der Waals surface area contributed by atoms with Crippen molar-refractivity contribution in [2.75, 3.05) is 17.3 Å². The van der Waals surface area contributed by atoms with Crippen LogP contribution in [0.1, 0.15) is 11.1 Å². The lowest BCUT2D eigenvalue weighted by atomic mass is 10.1. The Hall–Kier alpha value is -2.01. The minimum Gasteiger partial charge on any atom is -0.399 e. The maximum absolute atomic E-state index is 11.4. The van der Waals surface area contributed by atoms with E-state index in [2.05, 4.69) is 5.32 Å². The summed E-state index contributed by atoms with van der Waals surface area (Å²) in [4.78, 5) is 0.322. The zero-order valence-corrected chi connectivity index (χ0v) is 12.4. The van der Waals surface area contributed by atoms with Crippen LogP contribution in [0.3, 0.4) is 0 Å². The number of hydrogen-bond donors (Lipinski definition) is 2. The topological polar surface area (TPSA) is 72.2 Å². The maximum Gasteiger partial charge on any atom is 0.175 e. The zero-order chi connectivity index (χ0) is 14.8. The molecule has 0 saturated carbocycles. The lowest BCUT2D eigenvalue weighted by molar-refractivity contribution is 0.602. The second-order valence-corrected chi connectivity index (χ2v) is 6.80. The molecule has 2 aromatic carbocycles. The molecule has 5 heteroatoms. The summed E-state index contributed by atoms with van der Waals surface area (Å²) in [6.07, 6.45) is 1.20. The van der Waals surface area contributed by atoms with E-state index >= 15 is 0 Å². The second-order valence-electron chi connectivity index (χ2n) is 4.78. The van der Waals surface area contributed by atoms with Gasteiger partial charge < -0.3 is 11.1 Å². The number of nitrogens with two attached hydrogens (primary N) is 1. The van der Waals surface area contributed by atoms with Crippen LogP contribution in [0.15, 0.2) is 47.4 Å². The number of rotatable bonds is 4. The lowest BCUT2D eigenvalue weighted by Crippen LogP contribution is -2.03. The van der Waals surface area contributed by atoms with Crippen LogP contribution in [0.4, 0.5) is 11.4 Å². The average molecular weight is 290 g/mol. The van der Waals surface area contributed by atoms with Crippen LogP contribution in [0.5, 0.6) is 0 Å². The van der Waals surface area contributed by atoms with Crippen molar-refractivity contribution < 1.29 is 8.42 Å². The van der Waals surface area contributed by atoms with Gasteiger partial charge in [-0.3, -0.25) is 0 Å². The van der Waals surface area contributed by atoms with Crippen molar-refractivity contribution in [2.24, 2.45) is 0 Å². The third-order valence-electron chi connectivity index (χ3n) is 3.25. The van der Waals surface area contributed by atoms with Gasteiger partial charge in [0.05, 0.1) is 4.90 Å². The zero-order valence-electron chi connectivity index (χ0n) is 11.6. The van der Waals surface area contributed by atoms with Crippen molar-refractivity contribution in [1.29, 1.82) is 0 Å². The fourth-order valence-corrected chi connectivity index (χ4v) is 2.54. The molecule has 0 heterocycles. The van der Waals surface area contributed by atoms with E-state index in [1.165, 1.54) is 6.26 Å². The highest BCUT2D eigenvalue weighted by Crippen LogP contribution is 2.18. The first kappa shape index (κ1) is 14.4.